The number of phenols is 1. The van der Waals surface area contributed by atoms with Gasteiger partial charge in [0.2, 0.25) is 0 Å². The Balaban J connectivity index is 2.04. The Labute approximate surface area is 97.5 Å². The van der Waals surface area contributed by atoms with E-state index in [1.807, 2.05) is 18.2 Å². The second-order valence-corrected chi connectivity index (χ2v) is 5.23. The molecule has 0 saturated heterocycles. The summed E-state index contributed by atoms with van der Waals surface area (Å²) >= 11 is 0. The average Bonchev–Trinajstić information content (AvgIpc) is 2.60. The van der Waals surface area contributed by atoms with Gasteiger partial charge in [-0.05, 0) is 49.3 Å². The monoisotopic (exact) mass is 219 g/mol. The van der Waals surface area contributed by atoms with Crippen molar-refractivity contribution < 1.29 is 5.11 Å². The fraction of sp³-hybridized carbons (Fsp3) is 0.571. The molecule has 1 aliphatic carbocycles. The molecular formula is C14H21NO. The van der Waals surface area contributed by atoms with E-state index >= 15 is 0 Å². The van der Waals surface area contributed by atoms with Gasteiger partial charge in [0.05, 0.1) is 0 Å². The van der Waals surface area contributed by atoms with Gasteiger partial charge in [-0.3, -0.25) is 0 Å². The molecule has 0 bridgehead atoms. The van der Waals surface area contributed by atoms with E-state index in [2.05, 4.69) is 6.92 Å². The zero-order valence-electron chi connectivity index (χ0n) is 9.95. The summed E-state index contributed by atoms with van der Waals surface area (Å²) in [6.45, 7) is 2.24. The van der Waals surface area contributed by atoms with Crippen molar-refractivity contribution in [2.75, 3.05) is 0 Å². The molecule has 1 aromatic rings. The molecule has 2 rings (SSSR count). The van der Waals surface area contributed by atoms with Crippen LogP contribution in [0.2, 0.25) is 0 Å². The van der Waals surface area contributed by atoms with Crippen molar-refractivity contribution in [3.8, 4) is 5.75 Å². The van der Waals surface area contributed by atoms with Crippen LogP contribution in [0.3, 0.4) is 0 Å². The average molecular weight is 219 g/mol. The first kappa shape index (κ1) is 11.5. The quantitative estimate of drug-likeness (QED) is 0.821. The van der Waals surface area contributed by atoms with E-state index in [0.717, 1.165) is 30.7 Å². The van der Waals surface area contributed by atoms with E-state index in [1.165, 1.54) is 12.8 Å². The van der Waals surface area contributed by atoms with Crippen LogP contribution in [-0.4, -0.2) is 10.6 Å². The third-order valence-corrected chi connectivity index (χ3v) is 3.79. The molecule has 0 aromatic heterocycles. The van der Waals surface area contributed by atoms with Crippen LogP contribution in [0.25, 0.3) is 0 Å². The van der Waals surface area contributed by atoms with Crippen LogP contribution in [0.4, 0.5) is 0 Å². The molecule has 2 unspecified atom stereocenters. The number of hydrogen-bond acceptors (Lipinski definition) is 2. The summed E-state index contributed by atoms with van der Waals surface area (Å²) in [4.78, 5) is 0. The fourth-order valence-electron chi connectivity index (χ4n) is 2.85. The lowest BCUT2D eigenvalue weighted by atomic mass is 9.89. The highest BCUT2D eigenvalue weighted by molar-refractivity contribution is 5.28. The SMILES string of the molecule is CCC1CCC(N)(Cc2cccc(O)c2)C1. The van der Waals surface area contributed by atoms with Crippen molar-refractivity contribution in [1.29, 1.82) is 0 Å². The molecule has 1 aromatic carbocycles. The number of phenolic OH excluding ortho intramolecular Hbond substituents is 1. The van der Waals surface area contributed by atoms with Gasteiger partial charge in [0.15, 0.2) is 0 Å². The van der Waals surface area contributed by atoms with Crippen LogP contribution in [0.1, 0.15) is 38.2 Å². The van der Waals surface area contributed by atoms with Crippen molar-refractivity contribution in [3.63, 3.8) is 0 Å². The standard InChI is InChI=1S/C14H21NO/c1-2-11-6-7-14(15,9-11)10-12-4-3-5-13(16)8-12/h3-5,8,11,16H,2,6-7,9-10,15H2,1H3. The molecule has 1 aliphatic rings. The maximum absolute atomic E-state index is 9.43. The van der Waals surface area contributed by atoms with E-state index in [-0.39, 0.29) is 5.54 Å². The van der Waals surface area contributed by atoms with Gasteiger partial charge in [0.25, 0.3) is 0 Å². The van der Waals surface area contributed by atoms with E-state index in [1.54, 1.807) is 6.07 Å². The van der Waals surface area contributed by atoms with Gasteiger partial charge in [-0.15, -0.1) is 0 Å². The zero-order chi connectivity index (χ0) is 11.6. The first-order valence-electron chi connectivity index (χ1n) is 6.18. The van der Waals surface area contributed by atoms with Gasteiger partial charge in [-0.2, -0.15) is 0 Å². The van der Waals surface area contributed by atoms with Crippen molar-refractivity contribution in [1.82, 2.24) is 0 Å². The molecule has 0 spiro atoms. The molecule has 3 N–H and O–H groups in total. The topological polar surface area (TPSA) is 46.2 Å². The van der Waals surface area contributed by atoms with Gasteiger partial charge >= 0.3 is 0 Å². The Hall–Kier alpha value is -1.02. The third kappa shape index (κ3) is 2.56. The lowest BCUT2D eigenvalue weighted by Crippen LogP contribution is -2.39. The van der Waals surface area contributed by atoms with Gasteiger partial charge in [0, 0.05) is 5.54 Å². The largest absolute Gasteiger partial charge is 0.508 e. The molecule has 2 heteroatoms. The minimum atomic E-state index is -0.0472. The second-order valence-electron chi connectivity index (χ2n) is 5.23. The predicted octanol–water partition coefficient (Wildman–Crippen LogP) is 2.84. The fourth-order valence-corrected chi connectivity index (χ4v) is 2.85. The molecule has 0 heterocycles. The third-order valence-electron chi connectivity index (χ3n) is 3.79. The number of aromatic hydroxyl groups is 1. The minimum absolute atomic E-state index is 0.0472. The van der Waals surface area contributed by atoms with Gasteiger partial charge in [-0.1, -0.05) is 25.5 Å². The number of nitrogens with two attached hydrogens (primary N) is 1. The Morgan fingerprint density at radius 1 is 1.50 bits per heavy atom. The van der Waals surface area contributed by atoms with Crippen molar-refractivity contribution >= 4 is 0 Å². The summed E-state index contributed by atoms with van der Waals surface area (Å²) in [6, 6.07) is 7.47. The molecule has 2 nitrogen and oxygen atoms in total. The van der Waals surface area contributed by atoms with E-state index in [4.69, 9.17) is 5.73 Å². The highest BCUT2D eigenvalue weighted by atomic mass is 16.3. The summed E-state index contributed by atoms with van der Waals surface area (Å²) in [5.74, 6) is 1.13. The summed E-state index contributed by atoms with van der Waals surface area (Å²) < 4.78 is 0. The van der Waals surface area contributed by atoms with Crippen LogP contribution >= 0.6 is 0 Å². The summed E-state index contributed by atoms with van der Waals surface area (Å²) in [5.41, 5.74) is 7.53. The van der Waals surface area contributed by atoms with Gasteiger partial charge in [-0.25, -0.2) is 0 Å². The minimum Gasteiger partial charge on any atom is -0.508 e. The second kappa shape index (κ2) is 4.46. The molecule has 0 radical (unpaired) electrons. The lowest BCUT2D eigenvalue weighted by molar-refractivity contribution is 0.405. The number of benzene rings is 1. The number of hydrogen-bond donors (Lipinski definition) is 2. The normalized spacial score (nSPS) is 29.5. The first-order valence-corrected chi connectivity index (χ1v) is 6.18. The van der Waals surface area contributed by atoms with Crippen LogP contribution in [0.5, 0.6) is 5.75 Å². The zero-order valence-corrected chi connectivity index (χ0v) is 9.95. The molecule has 16 heavy (non-hydrogen) atoms. The lowest BCUT2D eigenvalue weighted by Gasteiger charge is -2.24. The molecule has 1 fully saturated rings. The van der Waals surface area contributed by atoms with Crippen molar-refractivity contribution in [2.45, 2.75) is 44.6 Å². The highest BCUT2D eigenvalue weighted by Gasteiger charge is 2.34. The maximum Gasteiger partial charge on any atom is 0.115 e. The molecular weight excluding hydrogens is 198 g/mol. The molecule has 0 amide bonds. The maximum atomic E-state index is 9.43. The molecule has 88 valence electrons. The molecule has 1 saturated carbocycles. The van der Waals surface area contributed by atoms with Crippen LogP contribution in [-0.2, 0) is 6.42 Å². The van der Waals surface area contributed by atoms with Crippen molar-refractivity contribution in [3.05, 3.63) is 29.8 Å². The van der Waals surface area contributed by atoms with E-state index in [9.17, 15) is 5.11 Å². The van der Waals surface area contributed by atoms with Gasteiger partial charge < -0.3 is 10.8 Å². The van der Waals surface area contributed by atoms with Crippen molar-refractivity contribution in [2.24, 2.45) is 11.7 Å². The Morgan fingerprint density at radius 2 is 2.31 bits per heavy atom. The first-order chi connectivity index (χ1) is 7.61. The van der Waals surface area contributed by atoms with E-state index < -0.39 is 0 Å². The smallest absolute Gasteiger partial charge is 0.115 e. The van der Waals surface area contributed by atoms with E-state index in [0.29, 0.717) is 5.75 Å². The predicted molar refractivity (Wildman–Crippen MR) is 66.4 cm³/mol. The summed E-state index contributed by atoms with van der Waals surface area (Å²) in [6.07, 6.45) is 5.61. The molecule has 2 atom stereocenters. The Kier molecular flexibility index (Phi) is 3.20. The van der Waals surface area contributed by atoms with Gasteiger partial charge in [0.1, 0.15) is 5.75 Å². The Bertz CT molecular complexity index is 364. The highest BCUT2D eigenvalue weighted by Crippen LogP contribution is 2.36. The summed E-state index contributed by atoms with van der Waals surface area (Å²) in [7, 11) is 0. The number of rotatable bonds is 3. The van der Waals surface area contributed by atoms with Crippen LogP contribution in [0, 0.1) is 5.92 Å². The Morgan fingerprint density at radius 3 is 2.94 bits per heavy atom. The van der Waals surface area contributed by atoms with Crippen LogP contribution < -0.4 is 5.73 Å². The van der Waals surface area contributed by atoms with Crippen LogP contribution in [0.15, 0.2) is 24.3 Å². The summed E-state index contributed by atoms with van der Waals surface area (Å²) in [5, 5.41) is 9.43. The molecule has 0 aliphatic heterocycles.